The number of nitrogens with zero attached hydrogens (tertiary/aromatic N) is 2. The average molecular weight is 576 g/mol. The number of rotatable bonds is 3. The molecule has 3 N–H and O–H groups in total. The number of piperidine rings is 1. The number of hydrogen-bond donors (Lipinski definition) is 3. The number of alkyl halides is 3. The second kappa shape index (κ2) is 10.5. The molecule has 1 fully saturated rings. The summed E-state index contributed by atoms with van der Waals surface area (Å²) in [6, 6.07) is 3.22. The van der Waals surface area contributed by atoms with Crippen molar-refractivity contribution in [3.05, 3.63) is 41.5 Å². The van der Waals surface area contributed by atoms with Crippen LogP contribution in [0, 0.1) is 18.7 Å². The largest absolute Gasteiger partial charge is 0.489 e. The smallest absolute Gasteiger partial charge is 0.405 e. The molecule has 3 heterocycles. The van der Waals surface area contributed by atoms with Gasteiger partial charge < -0.3 is 24.8 Å². The van der Waals surface area contributed by atoms with Crippen molar-refractivity contribution >= 4 is 33.4 Å². The third-order valence-corrected chi connectivity index (χ3v) is 7.92. The zero-order valence-corrected chi connectivity index (χ0v) is 21.6. The summed E-state index contributed by atoms with van der Waals surface area (Å²) in [7, 11) is -2.76. The summed E-state index contributed by atoms with van der Waals surface area (Å²) in [5, 5.41) is 4.10. The number of halogens is 4. The minimum atomic E-state index is -4.69. The lowest BCUT2D eigenvalue weighted by atomic mass is 9.93. The molecule has 39 heavy (non-hydrogen) atoms. The van der Waals surface area contributed by atoms with Gasteiger partial charge in [0, 0.05) is 44.0 Å². The summed E-state index contributed by atoms with van der Waals surface area (Å²) >= 11 is 0. The maximum absolute atomic E-state index is 13.6. The summed E-state index contributed by atoms with van der Waals surface area (Å²) < 4.78 is 86.9. The molecule has 3 amide bonds. The Hall–Kier alpha value is -3.66. The van der Waals surface area contributed by atoms with Crippen LogP contribution in [0.15, 0.2) is 29.3 Å². The van der Waals surface area contributed by atoms with E-state index in [-0.39, 0.29) is 53.7 Å². The van der Waals surface area contributed by atoms with Gasteiger partial charge in [0.2, 0.25) is 10.0 Å². The highest BCUT2D eigenvalue weighted by Crippen LogP contribution is 2.34. The number of carbonyl (C=O) groups excluding carboxylic acids is 3. The first kappa shape index (κ1) is 28.4. The molecule has 2 aromatic rings. The van der Waals surface area contributed by atoms with E-state index in [0.717, 1.165) is 4.90 Å². The highest BCUT2D eigenvalue weighted by molar-refractivity contribution is 7.89. The molecule has 212 valence electrons. The second-order valence-electron chi connectivity index (χ2n) is 9.34. The molecule has 0 spiro atoms. The number of aryl methyl sites for hydroxylation is 2. The molecule has 1 aromatic carbocycles. The average Bonchev–Trinajstić information content (AvgIpc) is 3.19. The van der Waals surface area contributed by atoms with Crippen LogP contribution in [0.3, 0.4) is 0 Å². The summed E-state index contributed by atoms with van der Waals surface area (Å²) in [5.74, 6) is -4.73. The van der Waals surface area contributed by atoms with Crippen LogP contribution in [-0.2, 0) is 26.7 Å². The zero-order valence-electron chi connectivity index (χ0n) is 20.8. The Morgan fingerprint density at radius 2 is 1.95 bits per heavy atom. The Balaban J connectivity index is 1.54. The van der Waals surface area contributed by atoms with Gasteiger partial charge in [-0.05, 0) is 37.1 Å². The number of aromatic nitrogens is 1. The lowest BCUT2D eigenvalue weighted by Gasteiger charge is -2.39. The van der Waals surface area contributed by atoms with E-state index >= 15 is 0 Å². The van der Waals surface area contributed by atoms with Crippen molar-refractivity contribution in [2.45, 2.75) is 30.5 Å². The van der Waals surface area contributed by atoms with E-state index in [4.69, 9.17) is 4.74 Å². The van der Waals surface area contributed by atoms with Crippen LogP contribution in [0.1, 0.15) is 22.5 Å². The Bertz CT molecular complexity index is 1420. The summed E-state index contributed by atoms with van der Waals surface area (Å²) in [4.78, 5) is 38.2. The molecule has 2 aliphatic heterocycles. The topological polar surface area (TPSA) is 139 Å². The lowest BCUT2D eigenvalue weighted by Crippen LogP contribution is -2.57. The summed E-state index contributed by atoms with van der Waals surface area (Å²) in [5.41, 5.74) is 0.421. The van der Waals surface area contributed by atoms with Crippen LogP contribution in [-0.4, -0.2) is 74.1 Å². The number of fused-ring (bicyclic) bond motifs is 2. The predicted octanol–water partition coefficient (Wildman–Crippen LogP) is 1.29. The Morgan fingerprint density at radius 1 is 1.23 bits per heavy atom. The van der Waals surface area contributed by atoms with Gasteiger partial charge in [0.05, 0.1) is 6.61 Å². The number of likely N-dealkylation sites (tertiary alicyclic amines) is 1. The molecule has 16 heteroatoms. The van der Waals surface area contributed by atoms with Gasteiger partial charge in [0.1, 0.15) is 17.3 Å². The van der Waals surface area contributed by atoms with Crippen LogP contribution < -0.4 is 20.1 Å². The normalized spacial score (nSPS) is 20.5. The molecule has 11 nitrogen and oxygen atoms in total. The van der Waals surface area contributed by atoms with Gasteiger partial charge in [-0.2, -0.15) is 13.2 Å². The molecule has 0 bridgehead atoms. The van der Waals surface area contributed by atoms with Crippen LogP contribution >= 0.6 is 0 Å². The Kier molecular flexibility index (Phi) is 7.62. The SMILES string of the molecule is Cc1cc(NC(=O)c2c3c(cn2C)S(=O)(=O)N[C@@H]2CCN(C(=O)C(=O)NCC(F)(F)F)C[C@@H]2CO3)ccc1F. The summed E-state index contributed by atoms with van der Waals surface area (Å²) in [6.45, 7) is -0.578. The summed E-state index contributed by atoms with van der Waals surface area (Å²) in [6.07, 6.45) is -3.40. The molecule has 0 unspecified atom stereocenters. The molecule has 1 saturated heterocycles. The van der Waals surface area contributed by atoms with E-state index in [0.29, 0.717) is 0 Å². The number of anilines is 1. The van der Waals surface area contributed by atoms with Gasteiger partial charge in [0.15, 0.2) is 11.4 Å². The van der Waals surface area contributed by atoms with Crippen LogP contribution in [0.2, 0.25) is 0 Å². The molecule has 2 aliphatic rings. The van der Waals surface area contributed by atoms with Gasteiger partial charge >= 0.3 is 18.0 Å². The van der Waals surface area contributed by atoms with Crippen molar-refractivity contribution in [3.8, 4) is 5.75 Å². The van der Waals surface area contributed by atoms with Crippen molar-refractivity contribution in [2.24, 2.45) is 13.0 Å². The number of amides is 3. The number of carbonyl (C=O) groups is 3. The first-order valence-electron chi connectivity index (χ1n) is 11.7. The van der Waals surface area contributed by atoms with Gasteiger partial charge in [-0.15, -0.1) is 0 Å². The minimum absolute atomic E-state index is 0.0744. The van der Waals surface area contributed by atoms with Gasteiger partial charge in [-0.25, -0.2) is 17.5 Å². The van der Waals surface area contributed by atoms with Gasteiger partial charge in [-0.3, -0.25) is 14.4 Å². The van der Waals surface area contributed by atoms with Crippen molar-refractivity contribution < 1.29 is 45.1 Å². The minimum Gasteiger partial charge on any atom is -0.489 e. The van der Waals surface area contributed by atoms with E-state index in [1.807, 2.05) is 0 Å². The third kappa shape index (κ3) is 6.16. The van der Waals surface area contributed by atoms with E-state index in [1.165, 1.54) is 48.3 Å². The van der Waals surface area contributed by atoms with E-state index in [9.17, 15) is 40.4 Å². The number of benzene rings is 1. The van der Waals surface area contributed by atoms with Crippen LogP contribution in [0.4, 0.5) is 23.2 Å². The van der Waals surface area contributed by atoms with E-state index in [2.05, 4.69) is 10.0 Å². The van der Waals surface area contributed by atoms with Crippen molar-refractivity contribution in [1.82, 2.24) is 19.5 Å². The molecule has 1 aromatic heterocycles. The third-order valence-electron chi connectivity index (χ3n) is 6.44. The number of ether oxygens (including phenoxy) is 1. The van der Waals surface area contributed by atoms with Crippen molar-refractivity contribution in [2.75, 3.05) is 31.6 Å². The standard InChI is InChI=1S/C23H25F4N5O6S/c1-12-7-14(3-4-15(12)24)29-20(33)18-19-17(9-31(18)2)39(36,37)30-16-5-6-32(8-13(16)10-38-19)22(35)21(34)28-11-23(25,26)27/h3-4,7,9,13,16,30H,5-6,8,10-11H2,1-2H3,(H,28,34)(H,29,33)/t13-,16-/m1/s1. The molecule has 0 saturated carbocycles. The monoisotopic (exact) mass is 575 g/mol. The second-order valence-corrected chi connectivity index (χ2v) is 11.0. The van der Waals surface area contributed by atoms with Crippen molar-refractivity contribution in [1.29, 1.82) is 0 Å². The van der Waals surface area contributed by atoms with Crippen LogP contribution in [0.5, 0.6) is 5.75 Å². The lowest BCUT2D eigenvalue weighted by molar-refractivity contribution is -0.152. The van der Waals surface area contributed by atoms with E-state index in [1.54, 1.807) is 0 Å². The fraction of sp³-hybridized carbons (Fsp3) is 0.435. The first-order valence-corrected chi connectivity index (χ1v) is 13.2. The van der Waals surface area contributed by atoms with Crippen molar-refractivity contribution in [3.63, 3.8) is 0 Å². The number of hydrogen-bond acceptors (Lipinski definition) is 6. The zero-order chi connectivity index (χ0) is 28.7. The highest BCUT2D eigenvalue weighted by Gasteiger charge is 2.41. The van der Waals surface area contributed by atoms with E-state index < -0.39 is 58.2 Å². The Labute approximate surface area is 220 Å². The maximum Gasteiger partial charge on any atom is 0.405 e. The Morgan fingerprint density at radius 3 is 2.62 bits per heavy atom. The molecular formula is C23H25F4N5O6S. The number of sulfonamides is 1. The maximum atomic E-state index is 13.6. The first-order chi connectivity index (χ1) is 18.2. The highest BCUT2D eigenvalue weighted by atomic mass is 32.2. The predicted molar refractivity (Wildman–Crippen MR) is 128 cm³/mol. The van der Waals surface area contributed by atoms with Crippen LogP contribution in [0.25, 0.3) is 0 Å². The molecule has 2 atom stereocenters. The van der Waals surface area contributed by atoms with Gasteiger partial charge in [0.25, 0.3) is 5.91 Å². The quantitative estimate of drug-likeness (QED) is 0.373. The number of nitrogens with one attached hydrogen (secondary N) is 3. The fourth-order valence-corrected chi connectivity index (χ4v) is 6.01. The fourth-order valence-electron chi connectivity index (χ4n) is 4.48. The molecule has 0 radical (unpaired) electrons. The molecular weight excluding hydrogens is 550 g/mol. The van der Waals surface area contributed by atoms with Gasteiger partial charge in [-0.1, -0.05) is 0 Å². The molecule has 4 rings (SSSR count). The molecule has 0 aliphatic carbocycles.